The van der Waals surface area contributed by atoms with Gasteiger partial charge in [-0.25, -0.2) is 17.5 Å². The molecule has 0 atom stereocenters. The van der Waals surface area contributed by atoms with Crippen molar-refractivity contribution in [1.29, 1.82) is 0 Å². The van der Waals surface area contributed by atoms with Crippen LogP contribution in [0, 0.1) is 0 Å². The van der Waals surface area contributed by atoms with E-state index in [9.17, 15) is 13.2 Å². The van der Waals surface area contributed by atoms with E-state index < -0.39 is 16.0 Å². The Hall–Kier alpha value is -1.44. The molecule has 22 heavy (non-hydrogen) atoms. The quantitative estimate of drug-likeness (QED) is 0.817. The van der Waals surface area contributed by atoms with Crippen molar-refractivity contribution in [3.63, 3.8) is 0 Å². The van der Waals surface area contributed by atoms with Gasteiger partial charge < -0.3 is 10.1 Å². The molecule has 0 aromatic heterocycles. The highest BCUT2D eigenvalue weighted by Crippen LogP contribution is 2.18. The van der Waals surface area contributed by atoms with Gasteiger partial charge >= 0.3 is 5.97 Å². The van der Waals surface area contributed by atoms with E-state index in [1.807, 2.05) is 7.05 Å². The molecule has 0 saturated carbocycles. The number of rotatable bonds is 5. The Kier molecular flexibility index (Phi) is 5.55. The van der Waals surface area contributed by atoms with Gasteiger partial charge in [-0.1, -0.05) is 12.1 Å². The number of methoxy groups -OCH3 is 1. The minimum absolute atomic E-state index is 0.0952. The molecule has 1 N–H and O–H groups in total. The Balaban J connectivity index is 2.07. The summed E-state index contributed by atoms with van der Waals surface area (Å²) in [6.07, 6.45) is 1.63. The number of piperidine rings is 1. The van der Waals surface area contributed by atoms with Crippen LogP contribution >= 0.6 is 0 Å². The van der Waals surface area contributed by atoms with Gasteiger partial charge in [0.25, 0.3) is 0 Å². The molecule has 1 aliphatic rings. The normalized spacial score (nSPS) is 17.4. The van der Waals surface area contributed by atoms with Crippen LogP contribution < -0.4 is 5.32 Å². The molecule has 2 rings (SSSR count). The third-order valence-electron chi connectivity index (χ3n) is 3.95. The first-order chi connectivity index (χ1) is 10.5. The smallest absolute Gasteiger partial charge is 0.337 e. The molecule has 1 heterocycles. The van der Waals surface area contributed by atoms with Gasteiger partial charge in [0, 0.05) is 19.1 Å². The molecule has 1 aromatic carbocycles. The molecular formula is C15H22N2O4S. The minimum Gasteiger partial charge on any atom is -0.465 e. The van der Waals surface area contributed by atoms with E-state index in [0.717, 1.165) is 12.8 Å². The molecular weight excluding hydrogens is 304 g/mol. The number of esters is 1. The van der Waals surface area contributed by atoms with Crippen molar-refractivity contribution < 1.29 is 17.9 Å². The summed E-state index contributed by atoms with van der Waals surface area (Å²) in [6.45, 7) is 1.06. The summed E-state index contributed by atoms with van der Waals surface area (Å²) in [5, 5.41) is 3.18. The predicted octanol–water partition coefficient (Wildman–Crippen LogP) is 0.987. The standard InChI is InChI=1S/C15H22N2O4S/c1-16-14-6-8-17(9-7-14)22(19,20)11-12-4-3-5-13(10-12)15(18)21-2/h3-5,10,14,16H,6-9,11H2,1-2H3. The fourth-order valence-corrected chi connectivity index (χ4v) is 4.18. The second-order valence-electron chi connectivity index (χ2n) is 5.41. The van der Waals surface area contributed by atoms with E-state index in [1.54, 1.807) is 24.3 Å². The monoisotopic (exact) mass is 326 g/mol. The van der Waals surface area contributed by atoms with Crippen LogP contribution in [0.4, 0.5) is 0 Å². The molecule has 1 fully saturated rings. The third-order valence-corrected chi connectivity index (χ3v) is 5.80. The second-order valence-corrected chi connectivity index (χ2v) is 7.38. The molecule has 0 radical (unpaired) electrons. The van der Waals surface area contributed by atoms with Crippen LogP contribution in [0.15, 0.2) is 24.3 Å². The summed E-state index contributed by atoms with van der Waals surface area (Å²) in [5.41, 5.74) is 0.961. The molecule has 1 aromatic rings. The Morgan fingerprint density at radius 2 is 2.05 bits per heavy atom. The Bertz CT molecular complexity index is 622. The molecule has 0 unspecified atom stereocenters. The van der Waals surface area contributed by atoms with E-state index in [2.05, 4.69) is 10.1 Å². The number of ether oxygens (including phenoxy) is 1. The summed E-state index contributed by atoms with van der Waals surface area (Å²) < 4.78 is 31.2. The van der Waals surface area contributed by atoms with Crippen molar-refractivity contribution in [2.75, 3.05) is 27.2 Å². The number of hydrogen-bond donors (Lipinski definition) is 1. The van der Waals surface area contributed by atoms with Crippen LogP contribution in [0.25, 0.3) is 0 Å². The lowest BCUT2D eigenvalue weighted by Crippen LogP contribution is -2.44. The predicted molar refractivity (Wildman–Crippen MR) is 84.1 cm³/mol. The van der Waals surface area contributed by atoms with Gasteiger partial charge in [-0.15, -0.1) is 0 Å². The maximum atomic E-state index is 12.5. The minimum atomic E-state index is -3.36. The highest BCUT2D eigenvalue weighted by Gasteiger charge is 2.27. The number of benzene rings is 1. The third kappa shape index (κ3) is 4.06. The largest absolute Gasteiger partial charge is 0.465 e. The van der Waals surface area contributed by atoms with Gasteiger partial charge in [0.1, 0.15) is 0 Å². The maximum absolute atomic E-state index is 12.5. The lowest BCUT2D eigenvalue weighted by Gasteiger charge is -2.31. The van der Waals surface area contributed by atoms with Gasteiger partial charge in [-0.05, 0) is 37.6 Å². The number of carbonyl (C=O) groups excluding carboxylic acids is 1. The number of hydrogen-bond acceptors (Lipinski definition) is 5. The Morgan fingerprint density at radius 1 is 1.36 bits per heavy atom. The first-order valence-electron chi connectivity index (χ1n) is 7.28. The molecule has 122 valence electrons. The highest BCUT2D eigenvalue weighted by molar-refractivity contribution is 7.88. The zero-order valence-electron chi connectivity index (χ0n) is 12.9. The Morgan fingerprint density at radius 3 is 2.64 bits per heavy atom. The van der Waals surface area contributed by atoms with E-state index in [-0.39, 0.29) is 5.75 Å². The summed E-state index contributed by atoms with van der Waals surface area (Å²) in [7, 11) is -0.165. The molecule has 6 nitrogen and oxygen atoms in total. The summed E-state index contributed by atoms with van der Waals surface area (Å²) in [4.78, 5) is 11.5. The van der Waals surface area contributed by atoms with Gasteiger partial charge in [-0.2, -0.15) is 0 Å². The van der Waals surface area contributed by atoms with Gasteiger partial charge in [-0.3, -0.25) is 0 Å². The maximum Gasteiger partial charge on any atom is 0.337 e. The molecule has 0 bridgehead atoms. The summed E-state index contributed by atoms with van der Waals surface area (Å²) in [5.74, 6) is -0.559. The number of nitrogens with one attached hydrogen (secondary N) is 1. The van der Waals surface area contributed by atoms with Crippen LogP contribution in [0.3, 0.4) is 0 Å². The summed E-state index contributed by atoms with van der Waals surface area (Å²) in [6, 6.07) is 6.95. The number of nitrogens with zero attached hydrogens (tertiary/aromatic N) is 1. The Labute approximate surface area is 131 Å². The van der Waals surface area contributed by atoms with Crippen molar-refractivity contribution in [2.24, 2.45) is 0 Å². The topological polar surface area (TPSA) is 75.7 Å². The fraction of sp³-hybridized carbons (Fsp3) is 0.533. The molecule has 0 spiro atoms. The fourth-order valence-electron chi connectivity index (χ4n) is 2.63. The lowest BCUT2D eigenvalue weighted by molar-refractivity contribution is 0.0600. The molecule has 1 saturated heterocycles. The SMILES string of the molecule is CNC1CCN(S(=O)(=O)Cc2cccc(C(=O)OC)c2)CC1. The van der Waals surface area contributed by atoms with Crippen molar-refractivity contribution in [3.05, 3.63) is 35.4 Å². The zero-order valence-corrected chi connectivity index (χ0v) is 13.7. The van der Waals surface area contributed by atoms with Crippen LogP contribution in [0.2, 0.25) is 0 Å². The first-order valence-corrected chi connectivity index (χ1v) is 8.89. The van der Waals surface area contributed by atoms with Crippen molar-refractivity contribution >= 4 is 16.0 Å². The second kappa shape index (κ2) is 7.21. The van der Waals surface area contributed by atoms with Crippen LogP contribution in [0.5, 0.6) is 0 Å². The molecule has 0 aliphatic carbocycles. The highest BCUT2D eigenvalue weighted by atomic mass is 32.2. The lowest BCUT2D eigenvalue weighted by atomic mass is 10.1. The average molecular weight is 326 g/mol. The molecule has 1 aliphatic heterocycles. The van der Waals surface area contributed by atoms with Gasteiger partial charge in [0.2, 0.25) is 10.0 Å². The van der Waals surface area contributed by atoms with E-state index in [1.165, 1.54) is 11.4 Å². The van der Waals surface area contributed by atoms with E-state index >= 15 is 0 Å². The van der Waals surface area contributed by atoms with Crippen molar-refractivity contribution in [1.82, 2.24) is 9.62 Å². The van der Waals surface area contributed by atoms with Crippen LogP contribution in [-0.2, 0) is 20.5 Å². The van der Waals surface area contributed by atoms with Crippen molar-refractivity contribution in [3.8, 4) is 0 Å². The molecule has 0 amide bonds. The van der Waals surface area contributed by atoms with Crippen LogP contribution in [0.1, 0.15) is 28.8 Å². The van der Waals surface area contributed by atoms with E-state index in [4.69, 9.17) is 0 Å². The van der Waals surface area contributed by atoms with Crippen LogP contribution in [-0.4, -0.2) is 52.0 Å². The zero-order chi connectivity index (χ0) is 16.2. The molecule has 7 heteroatoms. The van der Waals surface area contributed by atoms with Crippen molar-refractivity contribution in [2.45, 2.75) is 24.6 Å². The van der Waals surface area contributed by atoms with Gasteiger partial charge in [0.05, 0.1) is 18.4 Å². The van der Waals surface area contributed by atoms with E-state index in [0.29, 0.717) is 30.3 Å². The number of sulfonamides is 1. The summed E-state index contributed by atoms with van der Waals surface area (Å²) >= 11 is 0. The van der Waals surface area contributed by atoms with Gasteiger partial charge in [0.15, 0.2) is 0 Å². The average Bonchev–Trinajstić information content (AvgIpc) is 2.54. The first kappa shape index (κ1) is 16.9. The number of carbonyl (C=O) groups is 1.